The van der Waals surface area contributed by atoms with E-state index >= 15 is 0 Å². The Hall–Kier alpha value is -1.35. The van der Waals surface area contributed by atoms with E-state index in [1.807, 2.05) is 31.2 Å². The van der Waals surface area contributed by atoms with Crippen molar-refractivity contribution in [3.63, 3.8) is 0 Å². The van der Waals surface area contributed by atoms with Gasteiger partial charge in [0, 0.05) is 0 Å². The fourth-order valence-electron chi connectivity index (χ4n) is 1.49. The first kappa shape index (κ1) is 10.7. The van der Waals surface area contributed by atoms with Gasteiger partial charge in [0.15, 0.2) is 0 Å². The van der Waals surface area contributed by atoms with Crippen molar-refractivity contribution in [2.75, 3.05) is 6.54 Å². The monoisotopic (exact) mass is 193 g/mol. The van der Waals surface area contributed by atoms with Crippen molar-refractivity contribution in [1.82, 2.24) is 0 Å². The van der Waals surface area contributed by atoms with Crippen molar-refractivity contribution < 1.29 is 9.90 Å². The fraction of sp³-hybridized carbons (Fsp3) is 0.364. The van der Waals surface area contributed by atoms with Gasteiger partial charge in [0.2, 0.25) is 0 Å². The van der Waals surface area contributed by atoms with Gasteiger partial charge in [-0.3, -0.25) is 4.79 Å². The summed E-state index contributed by atoms with van der Waals surface area (Å²) in [6.07, 6.45) is 0.485. The summed E-state index contributed by atoms with van der Waals surface area (Å²) in [7, 11) is 0. The number of benzene rings is 1. The smallest absolute Gasteiger partial charge is 0.311 e. The van der Waals surface area contributed by atoms with Crippen LogP contribution in [-0.4, -0.2) is 17.6 Å². The summed E-state index contributed by atoms with van der Waals surface area (Å²) in [4.78, 5) is 10.9. The Bertz CT molecular complexity index is 323. The van der Waals surface area contributed by atoms with Crippen molar-refractivity contribution in [3.8, 4) is 0 Å². The van der Waals surface area contributed by atoms with E-state index in [1.165, 1.54) is 0 Å². The van der Waals surface area contributed by atoms with E-state index in [0.29, 0.717) is 13.0 Å². The Kier molecular flexibility index (Phi) is 3.65. The summed E-state index contributed by atoms with van der Waals surface area (Å²) in [5.41, 5.74) is 7.29. The van der Waals surface area contributed by atoms with Crippen molar-refractivity contribution in [2.45, 2.75) is 19.3 Å². The van der Waals surface area contributed by atoms with E-state index in [0.717, 1.165) is 11.1 Å². The summed E-state index contributed by atoms with van der Waals surface area (Å²) >= 11 is 0. The Labute approximate surface area is 83.6 Å². The third kappa shape index (κ3) is 2.57. The average Bonchev–Trinajstić information content (AvgIpc) is 2.13. The first-order chi connectivity index (χ1) is 6.65. The first-order valence-corrected chi connectivity index (χ1v) is 4.64. The quantitative estimate of drug-likeness (QED) is 0.761. The van der Waals surface area contributed by atoms with E-state index < -0.39 is 11.9 Å². The maximum atomic E-state index is 10.9. The number of hydrogen-bond acceptors (Lipinski definition) is 2. The van der Waals surface area contributed by atoms with Gasteiger partial charge in [-0.05, 0) is 25.5 Å². The lowest BCUT2D eigenvalue weighted by molar-refractivity contribution is -0.138. The van der Waals surface area contributed by atoms with Crippen LogP contribution < -0.4 is 5.73 Å². The van der Waals surface area contributed by atoms with Crippen molar-refractivity contribution in [1.29, 1.82) is 0 Å². The number of carboxylic acid groups (broad SMARTS) is 1. The van der Waals surface area contributed by atoms with Gasteiger partial charge >= 0.3 is 5.97 Å². The largest absolute Gasteiger partial charge is 0.481 e. The molecule has 0 saturated heterocycles. The van der Waals surface area contributed by atoms with Crippen LogP contribution in [0.4, 0.5) is 0 Å². The predicted molar refractivity (Wildman–Crippen MR) is 55.2 cm³/mol. The molecular weight excluding hydrogens is 178 g/mol. The maximum absolute atomic E-state index is 10.9. The van der Waals surface area contributed by atoms with E-state index in [9.17, 15) is 4.79 Å². The molecule has 3 heteroatoms. The minimum Gasteiger partial charge on any atom is -0.481 e. The van der Waals surface area contributed by atoms with Crippen LogP contribution in [0, 0.1) is 6.92 Å². The summed E-state index contributed by atoms with van der Waals surface area (Å²) in [6, 6.07) is 7.55. The van der Waals surface area contributed by atoms with Crippen molar-refractivity contribution in [2.24, 2.45) is 5.73 Å². The van der Waals surface area contributed by atoms with Gasteiger partial charge in [0.1, 0.15) is 0 Å². The third-order valence-corrected chi connectivity index (χ3v) is 2.20. The molecule has 0 bridgehead atoms. The Balaban J connectivity index is 2.93. The molecule has 1 unspecified atom stereocenters. The number of aryl methyl sites for hydroxylation is 1. The van der Waals surface area contributed by atoms with Crippen LogP contribution in [0.15, 0.2) is 24.3 Å². The van der Waals surface area contributed by atoms with E-state index in [-0.39, 0.29) is 0 Å². The van der Waals surface area contributed by atoms with Crippen LogP contribution in [0.5, 0.6) is 0 Å². The molecule has 3 N–H and O–H groups in total. The zero-order valence-corrected chi connectivity index (χ0v) is 8.23. The standard InChI is InChI=1S/C11H15NO2/c1-8-3-2-4-9(7-8)10(5-6-12)11(13)14/h2-4,7,10H,5-6,12H2,1H3,(H,13,14). The van der Waals surface area contributed by atoms with Crippen LogP contribution in [0.25, 0.3) is 0 Å². The van der Waals surface area contributed by atoms with Crippen LogP contribution in [-0.2, 0) is 4.79 Å². The molecule has 0 radical (unpaired) electrons. The number of carboxylic acids is 1. The number of rotatable bonds is 4. The lowest BCUT2D eigenvalue weighted by atomic mass is 9.95. The molecule has 0 aromatic heterocycles. The van der Waals surface area contributed by atoms with Crippen molar-refractivity contribution >= 4 is 5.97 Å². The number of nitrogens with two attached hydrogens (primary N) is 1. The highest BCUT2D eigenvalue weighted by Gasteiger charge is 2.18. The summed E-state index contributed by atoms with van der Waals surface area (Å²) in [5.74, 6) is -1.28. The fourth-order valence-corrected chi connectivity index (χ4v) is 1.49. The molecule has 14 heavy (non-hydrogen) atoms. The van der Waals surface area contributed by atoms with Crippen molar-refractivity contribution in [3.05, 3.63) is 35.4 Å². The second kappa shape index (κ2) is 4.77. The predicted octanol–water partition coefficient (Wildman–Crippen LogP) is 1.51. The highest BCUT2D eigenvalue weighted by atomic mass is 16.4. The van der Waals surface area contributed by atoms with Gasteiger partial charge in [0.05, 0.1) is 5.92 Å². The first-order valence-electron chi connectivity index (χ1n) is 4.64. The van der Waals surface area contributed by atoms with E-state index in [1.54, 1.807) is 0 Å². The molecule has 0 aliphatic rings. The molecule has 0 fully saturated rings. The lowest BCUT2D eigenvalue weighted by Gasteiger charge is -2.11. The number of hydrogen-bond donors (Lipinski definition) is 2. The molecule has 1 rings (SSSR count). The molecule has 0 aliphatic carbocycles. The summed E-state index contributed by atoms with van der Waals surface area (Å²) in [6.45, 7) is 2.34. The highest BCUT2D eigenvalue weighted by Crippen LogP contribution is 2.20. The molecule has 1 atom stereocenters. The molecule has 0 spiro atoms. The van der Waals surface area contributed by atoms with E-state index in [4.69, 9.17) is 10.8 Å². The Morgan fingerprint density at radius 1 is 1.57 bits per heavy atom. The van der Waals surface area contributed by atoms with Crippen LogP contribution in [0.1, 0.15) is 23.5 Å². The topological polar surface area (TPSA) is 63.3 Å². The Morgan fingerprint density at radius 2 is 2.29 bits per heavy atom. The van der Waals surface area contributed by atoms with Crippen LogP contribution in [0.2, 0.25) is 0 Å². The average molecular weight is 193 g/mol. The molecule has 3 nitrogen and oxygen atoms in total. The minimum absolute atomic E-state index is 0.394. The van der Waals surface area contributed by atoms with Crippen LogP contribution >= 0.6 is 0 Å². The van der Waals surface area contributed by atoms with Gasteiger partial charge in [-0.25, -0.2) is 0 Å². The number of carbonyl (C=O) groups is 1. The van der Waals surface area contributed by atoms with Gasteiger partial charge in [-0.1, -0.05) is 29.8 Å². The minimum atomic E-state index is -0.805. The highest BCUT2D eigenvalue weighted by molar-refractivity contribution is 5.76. The zero-order chi connectivity index (χ0) is 10.6. The zero-order valence-electron chi connectivity index (χ0n) is 8.23. The molecule has 0 saturated carbocycles. The summed E-state index contributed by atoms with van der Waals surface area (Å²) in [5, 5.41) is 8.99. The normalized spacial score (nSPS) is 12.4. The van der Waals surface area contributed by atoms with Gasteiger partial charge in [-0.15, -0.1) is 0 Å². The second-order valence-electron chi connectivity index (χ2n) is 3.38. The van der Waals surface area contributed by atoms with Gasteiger partial charge in [-0.2, -0.15) is 0 Å². The molecular formula is C11H15NO2. The molecule has 1 aromatic rings. The molecule has 0 heterocycles. The third-order valence-electron chi connectivity index (χ3n) is 2.20. The number of aliphatic carboxylic acids is 1. The molecule has 0 aliphatic heterocycles. The SMILES string of the molecule is Cc1cccc(C(CCN)C(=O)O)c1. The maximum Gasteiger partial charge on any atom is 0.311 e. The van der Waals surface area contributed by atoms with Gasteiger partial charge in [0.25, 0.3) is 0 Å². The van der Waals surface area contributed by atoms with Gasteiger partial charge < -0.3 is 10.8 Å². The second-order valence-corrected chi connectivity index (χ2v) is 3.38. The molecule has 1 aromatic carbocycles. The lowest BCUT2D eigenvalue weighted by Crippen LogP contribution is -2.16. The molecule has 76 valence electrons. The molecule has 0 amide bonds. The summed E-state index contributed by atoms with van der Waals surface area (Å²) < 4.78 is 0. The Morgan fingerprint density at radius 3 is 2.79 bits per heavy atom. The van der Waals surface area contributed by atoms with Crippen LogP contribution in [0.3, 0.4) is 0 Å². The van der Waals surface area contributed by atoms with E-state index in [2.05, 4.69) is 0 Å².